The zero-order chi connectivity index (χ0) is 17.5. The molecule has 3 nitrogen and oxygen atoms in total. The van der Waals surface area contributed by atoms with Crippen molar-refractivity contribution in [3.8, 4) is 5.75 Å². The first-order chi connectivity index (χ1) is 10.6. The zero-order valence-electron chi connectivity index (χ0n) is 15.1. The Bertz CT molecular complexity index is 447. The van der Waals surface area contributed by atoms with Crippen molar-refractivity contribution in [2.75, 3.05) is 7.11 Å². The first kappa shape index (κ1) is 22.3. The lowest BCUT2D eigenvalue weighted by atomic mass is 10.2. The first-order valence-electron chi connectivity index (χ1n) is 7.79. The molecule has 0 aliphatic rings. The Morgan fingerprint density at radius 2 is 1.64 bits per heavy atom. The Balaban J connectivity index is 0. The molecule has 0 unspecified atom stereocenters. The lowest BCUT2D eigenvalue weighted by Crippen LogP contribution is -2.26. The molecular weight excluding hydrogens is 274 g/mol. The molecule has 0 aromatic heterocycles. The van der Waals surface area contributed by atoms with Crippen LogP contribution in [0.4, 0.5) is 0 Å². The van der Waals surface area contributed by atoms with Gasteiger partial charge in [0, 0.05) is 12.6 Å². The molecule has 0 aliphatic heterocycles. The third kappa shape index (κ3) is 8.30. The van der Waals surface area contributed by atoms with Crippen molar-refractivity contribution in [3.05, 3.63) is 54.3 Å². The minimum atomic E-state index is 0.0152. The molecule has 1 amide bonds. The molecular formula is C19H31NO2. The Hall–Kier alpha value is -2.03. The van der Waals surface area contributed by atoms with Gasteiger partial charge < -0.3 is 9.64 Å². The fraction of sp³-hybridized carbons (Fsp3) is 0.421. The minimum Gasteiger partial charge on any atom is -0.497 e. The number of benzene rings is 1. The number of nitrogens with zero attached hydrogens (tertiary/aromatic N) is 1. The van der Waals surface area contributed by atoms with E-state index in [4.69, 9.17) is 4.74 Å². The number of hydrogen-bond acceptors (Lipinski definition) is 2. The monoisotopic (exact) mass is 305 g/mol. The Morgan fingerprint density at radius 1 is 1.14 bits per heavy atom. The summed E-state index contributed by atoms with van der Waals surface area (Å²) in [5.41, 5.74) is 1.94. The van der Waals surface area contributed by atoms with Crippen LogP contribution in [0.15, 0.2) is 48.7 Å². The van der Waals surface area contributed by atoms with Gasteiger partial charge in [-0.1, -0.05) is 52.5 Å². The SMILES string of the molecule is C=C/C=C(\C)N(Cc1ccc(OC)cc1)C(C)=O.CC.CC. The third-order valence-electron chi connectivity index (χ3n) is 2.66. The highest BCUT2D eigenvalue weighted by Crippen LogP contribution is 2.15. The summed E-state index contributed by atoms with van der Waals surface area (Å²) in [4.78, 5) is 13.3. The predicted molar refractivity (Wildman–Crippen MR) is 95.9 cm³/mol. The molecule has 0 N–H and O–H groups in total. The number of hydrogen-bond donors (Lipinski definition) is 0. The van der Waals surface area contributed by atoms with Crippen LogP contribution in [0.5, 0.6) is 5.75 Å². The van der Waals surface area contributed by atoms with Gasteiger partial charge in [-0.2, -0.15) is 0 Å². The number of allylic oxidation sites excluding steroid dienone is 3. The average molecular weight is 305 g/mol. The van der Waals surface area contributed by atoms with Crippen molar-refractivity contribution in [1.29, 1.82) is 0 Å². The van der Waals surface area contributed by atoms with Crippen LogP contribution in [0.1, 0.15) is 47.1 Å². The number of carbonyl (C=O) groups excluding carboxylic acids is 1. The van der Waals surface area contributed by atoms with Gasteiger partial charge in [0.05, 0.1) is 13.7 Å². The number of amides is 1. The maximum Gasteiger partial charge on any atom is 0.223 e. The average Bonchev–Trinajstić information content (AvgIpc) is 2.56. The minimum absolute atomic E-state index is 0.0152. The highest BCUT2D eigenvalue weighted by atomic mass is 16.5. The number of rotatable bonds is 5. The van der Waals surface area contributed by atoms with Gasteiger partial charge in [0.25, 0.3) is 0 Å². The summed E-state index contributed by atoms with van der Waals surface area (Å²) in [5.74, 6) is 0.827. The quantitative estimate of drug-likeness (QED) is 0.701. The summed E-state index contributed by atoms with van der Waals surface area (Å²) < 4.78 is 5.10. The van der Waals surface area contributed by atoms with E-state index in [0.717, 1.165) is 17.0 Å². The van der Waals surface area contributed by atoms with Crippen LogP contribution in [0.2, 0.25) is 0 Å². The van der Waals surface area contributed by atoms with E-state index in [1.807, 2.05) is 65.0 Å². The molecule has 0 saturated heterocycles. The van der Waals surface area contributed by atoms with Gasteiger partial charge in [-0.15, -0.1) is 0 Å². The Labute approximate surface area is 136 Å². The van der Waals surface area contributed by atoms with Gasteiger partial charge in [0.15, 0.2) is 0 Å². The van der Waals surface area contributed by atoms with Crippen LogP contribution in [-0.4, -0.2) is 17.9 Å². The van der Waals surface area contributed by atoms with Crippen LogP contribution < -0.4 is 4.74 Å². The highest BCUT2D eigenvalue weighted by molar-refractivity contribution is 5.75. The summed E-state index contributed by atoms with van der Waals surface area (Å²) in [6, 6.07) is 7.69. The Morgan fingerprint density at radius 3 is 2.00 bits per heavy atom. The molecule has 3 heteroatoms. The standard InChI is InChI=1S/C15H19NO2.2C2H6/c1-5-6-12(2)16(13(3)17)11-14-7-9-15(18-4)10-8-14;2*1-2/h5-10H,1,11H2,2-4H3;2*1-2H3/b12-6+;;. The molecule has 0 aliphatic carbocycles. The third-order valence-corrected chi connectivity index (χ3v) is 2.66. The molecule has 0 radical (unpaired) electrons. The Kier molecular flexibility index (Phi) is 14.1. The largest absolute Gasteiger partial charge is 0.497 e. The van der Waals surface area contributed by atoms with Crippen molar-refractivity contribution in [2.24, 2.45) is 0 Å². The summed E-state index contributed by atoms with van der Waals surface area (Å²) in [6.07, 6.45) is 3.50. The zero-order valence-corrected chi connectivity index (χ0v) is 15.1. The second kappa shape index (κ2) is 13.9. The molecule has 1 rings (SSSR count). The molecule has 0 heterocycles. The van der Waals surface area contributed by atoms with E-state index in [1.165, 1.54) is 0 Å². The van der Waals surface area contributed by atoms with Crippen LogP contribution >= 0.6 is 0 Å². The lowest BCUT2D eigenvalue weighted by Gasteiger charge is -2.21. The maximum absolute atomic E-state index is 11.6. The van der Waals surface area contributed by atoms with Gasteiger partial charge in [-0.25, -0.2) is 0 Å². The number of carbonyl (C=O) groups is 1. The van der Waals surface area contributed by atoms with Gasteiger partial charge in [-0.05, 0) is 30.7 Å². The fourth-order valence-corrected chi connectivity index (χ4v) is 1.66. The lowest BCUT2D eigenvalue weighted by molar-refractivity contribution is -0.127. The first-order valence-corrected chi connectivity index (χ1v) is 7.79. The van der Waals surface area contributed by atoms with Crippen LogP contribution in [0, 0.1) is 0 Å². The normalized spacial score (nSPS) is 9.50. The molecule has 0 fully saturated rings. The molecule has 0 saturated carbocycles. The molecule has 124 valence electrons. The molecule has 22 heavy (non-hydrogen) atoms. The summed E-state index contributed by atoms with van der Waals surface area (Å²) in [5, 5.41) is 0. The van der Waals surface area contributed by atoms with Gasteiger partial charge >= 0.3 is 0 Å². The summed E-state index contributed by atoms with van der Waals surface area (Å²) >= 11 is 0. The smallest absolute Gasteiger partial charge is 0.223 e. The fourth-order valence-electron chi connectivity index (χ4n) is 1.66. The second-order valence-electron chi connectivity index (χ2n) is 4.00. The van der Waals surface area contributed by atoms with Gasteiger partial charge in [0.1, 0.15) is 5.75 Å². The van der Waals surface area contributed by atoms with E-state index in [-0.39, 0.29) is 5.91 Å². The van der Waals surface area contributed by atoms with Crippen molar-refractivity contribution >= 4 is 5.91 Å². The van der Waals surface area contributed by atoms with E-state index in [9.17, 15) is 4.79 Å². The van der Waals surface area contributed by atoms with Crippen LogP contribution in [-0.2, 0) is 11.3 Å². The maximum atomic E-state index is 11.6. The van der Waals surface area contributed by atoms with Gasteiger partial charge in [0.2, 0.25) is 5.91 Å². The van der Waals surface area contributed by atoms with Crippen molar-refractivity contribution in [3.63, 3.8) is 0 Å². The number of ether oxygens (including phenoxy) is 1. The molecule has 0 spiro atoms. The summed E-state index contributed by atoms with van der Waals surface area (Å²) in [7, 11) is 1.63. The van der Waals surface area contributed by atoms with Crippen molar-refractivity contribution in [1.82, 2.24) is 4.90 Å². The topological polar surface area (TPSA) is 29.5 Å². The number of methoxy groups -OCH3 is 1. The molecule has 1 aromatic carbocycles. The highest BCUT2D eigenvalue weighted by Gasteiger charge is 2.10. The second-order valence-corrected chi connectivity index (χ2v) is 4.00. The molecule has 0 atom stereocenters. The summed E-state index contributed by atoms with van der Waals surface area (Å²) in [6.45, 7) is 15.6. The van der Waals surface area contributed by atoms with E-state index in [0.29, 0.717) is 6.54 Å². The van der Waals surface area contributed by atoms with Crippen molar-refractivity contribution < 1.29 is 9.53 Å². The van der Waals surface area contributed by atoms with E-state index in [2.05, 4.69) is 6.58 Å². The van der Waals surface area contributed by atoms with E-state index >= 15 is 0 Å². The van der Waals surface area contributed by atoms with E-state index < -0.39 is 0 Å². The van der Waals surface area contributed by atoms with Crippen LogP contribution in [0.3, 0.4) is 0 Å². The van der Waals surface area contributed by atoms with Gasteiger partial charge in [-0.3, -0.25) is 4.79 Å². The molecule has 0 bridgehead atoms. The van der Waals surface area contributed by atoms with E-state index in [1.54, 1.807) is 25.0 Å². The van der Waals surface area contributed by atoms with Crippen LogP contribution in [0.25, 0.3) is 0 Å². The molecule has 1 aromatic rings. The predicted octanol–water partition coefficient (Wildman–Crippen LogP) is 5.19. The van der Waals surface area contributed by atoms with Crippen molar-refractivity contribution in [2.45, 2.75) is 48.1 Å².